The van der Waals surface area contributed by atoms with Gasteiger partial charge >= 0.3 is 0 Å². The van der Waals surface area contributed by atoms with Crippen LogP contribution in [0.3, 0.4) is 0 Å². The van der Waals surface area contributed by atoms with Crippen LogP contribution in [-0.4, -0.2) is 13.2 Å². The number of nitrogens with zero attached hydrogens (tertiary/aromatic N) is 2. The van der Waals surface area contributed by atoms with Gasteiger partial charge in [-0.2, -0.15) is 10.5 Å². The van der Waals surface area contributed by atoms with E-state index in [4.69, 9.17) is 10.5 Å². The molecule has 0 aromatic heterocycles. The molecule has 15 heavy (non-hydrogen) atoms. The lowest BCUT2D eigenvalue weighted by molar-refractivity contribution is 0.142. The monoisotopic (exact) mass is 210 g/mol. The molecule has 0 saturated carbocycles. The fraction of sp³-hybridized carbons (Fsp3) is 0.818. The summed E-state index contributed by atoms with van der Waals surface area (Å²) in [5.74, 6) is 0.335. The third-order valence-corrected chi connectivity index (χ3v) is 2.28. The molecule has 0 heterocycles. The van der Waals surface area contributed by atoms with Crippen LogP contribution in [0.15, 0.2) is 0 Å². The molecule has 0 N–H and O–H groups in total. The van der Waals surface area contributed by atoms with Gasteiger partial charge in [0.1, 0.15) is 13.2 Å². The summed E-state index contributed by atoms with van der Waals surface area (Å²) in [4.78, 5) is 0. The van der Waals surface area contributed by atoms with E-state index < -0.39 is 0 Å². The van der Waals surface area contributed by atoms with Crippen molar-refractivity contribution in [3.05, 3.63) is 0 Å². The second-order valence-electron chi connectivity index (χ2n) is 4.57. The lowest BCUT2D eigenvalue weighted by atomic mass is 9.81. The fourth-order valence-corrected chi connectivity index (χ4v) is 1.66. The van der Waals surface area contributed by atoms with E-state index in [9.17, 15) is 0 Å². The van der Waals surface area contributed by atoms with Gasteiger partial charge in [0.25, 0.3) is 12.5 Å². The van der Waals surface area contributed by atoms with Crippen molar-refractivity contribution in [1.82, 2.24) is 0 Å². The average molecular weight is 210 g/mol. The average Bonchev–Trinajstić information content (AvgIpc) is 2.14. The minimum Gasteiger partial charge on any atom is -0.427 e. The predicted molar refractivity (Wildman–Crippen MR) is 55.3 cm³/mol. The molecular weight excluding hydrogens is 192 g/mol. The highest BCUT2D eigenvalue weighted by Crippen LogP contribution is 2.29. The molecule has 0 aromatic carbocycles. The third kappa shape index (κ3) is 7.64. The molecule has 0 radical (unpaired) electrons. The van der Waals surface area contributed by atoms with E-state index in [0.29, 0.717) is 19.1 Å². The normalized spacial score (nSPS) is 12.3. The van der Waals surface area contributed by atoms with Gasteiger partial charge in [-0.25, -0.2) is 0 Å². The molecule has 0 saturated heterocycles. The zero-order valence-corrected chi connectivity index (χ0v) is 9.62. The van der Waals surface area contributed by atoms with Crippen LogP contribution >= 0.6 is 0 Å². The van der Waals surface area contributed by atoms with Gasteiger partial charge in [-0.1, -0.05) is 20.8 Å². The number of ether oxygens (including phenoxy) is 2. The second-order valence-corrected chi connectivity index (χ2v) is 4.57. The Labute approximate surface area is 91.4 Å². The van der Waals surface area contributed by atoms with Crippen molar-refractivity contribution in [3.63, 3.8) is 0 Å². The highest BCUT2D eigenvalue weighted by atomic mass is 16.5. The van der Waals surface area contributed by atoms with Crippen molar-refractivity contribution in [2.24, 2.45) is 11.3 Å². The van der Waals surface area contributed by atoms with Gasteiger partial charge in [-0.15, -0.1) is 0 Å². The predicted octanol–water partition coefficient (Wildman–Crippen LogP) is 2.42. The van der Waals surface area contributed by atoms with Gasteiger partial charge in [0.05, 0.1) is 0 Å². The standard InChI is InChI=1S/C11H18N2O2/c1-10(7-15-9-13)6-11(2,3)4-5-14-8-12/h10H,4-7H2,1-3H3. The highest BCUT2D eigenvalue weighted by Gasteiger charge is 2.21. The van der Waals surface area contributed by atoms with E-state index >= 15 is 0 Å². The first kappa shape index (κ1) is 13.6. The molecule has 4 nitrogen and oxygen atoms in total. The van der Waals surface area contributed by atoms with Crippen molar-refractivity contribution in [1.29, 1.82) is 10.5 Å². The third-order valence-electron chi connectivity index (χ3n) is 2.28. The Morgan fingerprint density at radius 1 is 1.20 bits per heavy atom. The molecule has 4 heteroatoms. The largest absolute Gasteiger partial charge is 0.427 e. The van der Waals surface area contributed by atoms with Crippen LogP contribution in [0, 0.1) is 34.4 Å². The lowest BCUT2D eigenvalue weighted by Gasteiger charge is -2.26. The second kappa shape index (κ2) is 6.95. The molecular formula is C11H18N2O2. The Morgan fingerprint density at radius 2 is 1.80 bits per heavy atom. The first-order chi connectivity index (χ1) is 7.02. The van der Waals surface area contributed by atoms with Crippen LogP contribution in [0.4, 0.5) is 0 Å². The maximum absolute atomic E-state index is 8.26. The first-order valence-electron chi connectivity index (χ1n) is 5.03. The summed E-state index contributed by atoms with van der Waals surface area (Å²) in [7, 11) is 0. The molecule has 0 rings (SSSR count). The molecule has 0 amide bonds. The summed E-state index contributed by atoms with van der Waals surface area (Å²) < 4.78 is 9.34. The Balaban J connectivity index is 3.81. The molecule has 0 fully saturated rings. The van der Waals surface area contributed by atoms with E-state index in [1.54, 1.807) is 12.5 Å². The Bertz CT molecular complexity index is 250. The Morgan fingerprint density at radius 3 is 2.33 bits per heavy atom. The van der Waals surface area contributed by atoms with E-state index in [1.165, 1.54) is 0 Å². The van der Waals surface area contributed by atoms with Crippen LogP contribution in [0.5, 0.6) is 0 Å². The summed E-state index contributed by atoms with van der Waals surface area (Å²) >= 11 is 0. The number of nitriles is 2. The Kier molecular flexibility index (Phi) is 6.29. The Hall–Kier alpha value is -1.42. The zero-order valence-electron chi connectivity index (χ0n) is 9.62. The molecule has 0 aliphatic rings. The summed E-state index contributed by atoms with van der Waals surface area (Å²) in [5.41, 5.74) is 0.106. The molecule has 0 aliphatic carbocycles. The minimum absolute atomic E-state index is 0.106. The van der Waals surface area contributed by atoms with Gasteiger partial charge < -0.3 is 9.47 Å². The van der Waals surface area contributed by atoms with Crippen LogP contribution < -0.4 is 0 Å². The zero-order chi connectivity index (χ0) is 11.7. The number of rotatable bonds is 7. The topological polar surface area (TPSA) is 66.0 Å². The number of hydrogen-bond acceptors (Lipinski definition) is 4. The number of hydrogen-bond donors (Lipinski definition) is 0. The van der Waals surface area contributed by atoms with Crippen molar-refractivity contribution < 1.29 is 9.47 Å². The van der Waals surface area contributed by atoms with Crippen LogP contribution in [-0.2, 0) is 9.47 Å². The van der Waals surface area contributed by atoms with Gasteiger partial charge in [-0.05, 0) is 24.2 Å². The SMILES string of the molecule is CC(COC#N)CC(C)(C)CCOC#N. The summed E-state index contributed by atoms with van der Waals surface area (Å²) in [6.45, 7) is 7.20. The van der Waals surface area contributed by atoms with E-state index in [0.717, 1.165) is 12.8 Å². The lowest BCUT2D eigenvalue weighted by Crippen LogP contribution is -2.19. The van der Waals surface area contributed by atoms with Gasteiger partial charge in [0.2, 0.25) is 0 Å². The molecule has 1 atom stereocenters. The summed E-state index contributed by atoms with van der Waals surface area (Å²) in [5, 5.41) is 16.5. The molecule has 0 spiro atoms. The highest BCUT2D eigenvalue weighted by molar-refractivity contribution is 4.72. The maximum atomic E-state index is 8.26. The van der Waals surface area contributed by atoms with Crippen molar-refractivity contribution in [2.45, 2.75) is 33.6 Å². The van der Waals surface area contributed by atoms with E-state index in [-0.39, 0.29) is 5.41 Å². The summed E-state index contributed by atoms with van der Waals surface area (Å²) in [6.07, 6.45) is 5.11. The van der Waals surface area contributed by atoms with Crippen molar-refractivity contribution in [2.75, 3.05) is 13.2 Å². The van der Waals surface area contributed by atoms with E-state index in [2.05, 4.69) is 23.3 Å². The van der Waals surface area contributed by atoms with Crippen LogP contribution in [0.2, 0.25) is 0 Å². The first-order valence-corrected chi connectivity index (χ1v) is 5.03. The van der Waals surface area contributed by atoms with Crippen molar-refractivity contribution >= 4 is 0 Å². The smallest absolute Gasteiger partial charge is 0.286 e. The van der Waals surface area contributed by atoms with Gasteiger partial charge in [-0.3, -0.25) is 0 Å². The quantitative estimate of drug-likeness (QED) is 0.478. The fourth-order valence-electron chi connectivity index (χ4n) is 1.66. The van der Waals surface area contributed by atoms with Crippen LogP contribution in [0.25, 0.3) is 0 Å². The van der Waals surface area contributed by atoms with Gasteiger partial charge in [0, 0.05) is 0 Å². The minimum atomic E-state index is 0.106. The molecule has 1 unspecified atom stereocenters. The summed E-state index contributed by atoms with van der Waals surface area (Å²) in [6, 6.07) is 0. The van der Waals surface area contributed by atoms with Gasteiger partial charge in [0.15, 0.2) is 0 Å². The van der Waals surface area contributed by atoms with Crippen molar-refractivity contribution in [3.8, 4) is 12.5 Å². The molecule has 84 valence electrons. The van der Waals surface area contributed by atoms with E-state index in [1.807, 2.05) is 6.92 Å². The maximum Gasteiger partial charge on any atom is 0.286 e. The molecule has 0 bridgehead atoms. The van der Waals surface area contributed by atoms with Crippen LogP contribution in [0.1, 0.15) is 33.6 Å². The molecule has 0 aliphatic heterocycles. The molecule has 0 aromatic rings.